The highest BCUT2D eigenvalue weighted by Crippen LogP contribution is 2.16. The molecule has 0 aromatic carbocycles. The highest BCUT2D eigenvalue weighted by Gasteiger charge is 2.07. The fourth-order valence-electron chi connectivity index (χ4n) is 0.842. The Kier molecular flexibility index (Phi) is 5.23. The quantitative estimate of drug-likeness (QED) is 0.504. The minimum absolute atomic E-state index is 0.456. The molecule has 0 fully saturated rings. The molecule has 0 saturated carbocycles. The van der Waals surface area contributed by atoms with Crippen molar-refractivity contribution in [2.24, 2.45) is 5.41 Å². The summed E-state index contributed by atoms with van der Waals surface area (Å²) < 4.78 is 0. The van der Waals surface area contributed by atoms with Crippen molar-refractivity contribution < 1.29 is 0 Å². The van der Waals surface area contributed by atoms with Crippen molar-refractivity contribution in [1.29, 1.82) is 0 Å². The molecule has 0 aliphatic rings. The first-order valence-electron chi connectivity index (χ1n) is 4.76. The van der Waals surface area contributed by atoms with Gasteiger partial charge in [0.15, 0.2) is 0 Å². The van der Waals surface area contributed by atoms with Crippen LogP contribution in [0.1, 0.15) is 41.0 Å². The lowest BCUT2D eigenvalue weighted by atomic mass is 9.92. The molecule has 0 aliphatic heterocycles. The van der Waals surface area contributed by atoms with Crippen LogP contribution in [0.15, 0.2) is 11.6 Å². The Hall–Kier alpha value is -0.300. The third-order valence-corrected chi connectivity index (χ3v) is 1.71. The van der Waals surface area contributed by atoms with Crippen LogP contribution in [-0.2, 0) is 0 Å². The van der Waals surface area contributed by atoms with E-state index in [2.05, 4.69) is 46.0 Å². The van der Waals surface area contributed by atoms with E-state index in [9.17, 15) is 0 Å². The van der Waals surface area contributed by atoms with Crippen LogP contribution in [0.2, 0.25) is 0 Å². The van der Waals surface area contributed by atoms with Crippen molar-refractivity contribution in [2.75, 3.05) is 13.1 Å². The third kappa shape index (κ3) is 9.70. The molecule has 0 radical (unpaired) electrons. The number of hydrogen-bond donors (Lipinski definition) is 1. The molecule has 0 rings (SSSR count). The zero-order valence-corrected chi connectivity index (χ0v) is 9.20. The van der Waals surface area contributed by atoms with Gasteiger partial charge in [0.1, 0.15) is 0 Å². The summed E-state index contributed by atoms with van der Waals surface area (Å²) in [6, 6.07) is 0. The van der Waals surface area contributed by atoms with E-state index in [1.54, 1.807) is 0 Å². The highest BCUT2D eigenvalue weighted by atomic mass is 14.8. The monoisotopic (exact) mass is 169 g/mol. The van der Waals surface area contributed by atoms with Crippen LogP contribution in [0.5, 0.6) is 0 Å². The average Bonchev–Trinajstić information content (AvgIpc) is 1.83. The zero-order valence-electron chi connectivity index (χ0n) is 9.20. The van der Waals surface area contributed by atoms with E-state index in [1.807, 2.05) is 0 Å². The molecule has 0 aromatic rings. The molecule has 0 unspecified atom stereocenters. The van der Waals surface area contributed by atoms with Gasteiger partial charge in [-0.3, -0.25) is 0 Å². The Morgan fingerprint density at radius 3 is 2.25 bits per heavy atom. The Balaban J connectivity index is 3.29. The number of hydrogen-bond acceptors (Lipinski definition) is 1. The summed E-state index contributed by atoms with van der Waals surface area (Å²) >= 11 is 0. The summed E-state index contributed by atoms with van der Waals surface area (Å²) in [6.07, 6.45) is 3.46. The third-order valence-electron chi connectivity index (χ3n) is 1.71. The SMILES string of the molecule is CC(C)=CCNCCC(C)(C)C. The van der Waals surface area contributed by atoms with Crippen LogP contribution >= 0.6 is 0 Å². The first kappa shape index (κ1) is 11.7. The molecule has 0 bridgehead atoms. The molecule has 1 heteroatoms. The van der Waals surface area contributed by atoms with Crippen molar-refractivity contribution in [3.05, 3.63) is 11.6 Å². The zero-order chi connectivity index (χ0) is 9.61. The van der Waals surface area contributed by atoms with Gasteiger partial charge < -0.3 is 5.32 Å². The minimum atomic E-state index is 0.456. The molecule has 0 aliphatic carbocycles. The largest absolute Gasteiger partial charge is 0.313 e. The van der Waals surface area contributed by atoms with E-state index in [-0.39, 0.29) is 0 Å². The minimum Gasteiger partial charge on any atom is -0.313 e. The molecule has 1 nitrogen and oxygen atoms in total. The van der Waals surface area contributed by atoms with Gasteiger partial charge in [-0.05, 0) is 32.2 Å². The van der Waals surface area contributed by atoms with Gasteiger partial charge in [0.2, 0.25) is 0 Å². The number of rotatable bonds is 4. The van der Waals surface area contributed by atoms with Crippen LogP contribution < -0.4 is 5.32 Å². The predicted molar refractivity (Wildman–Crippen MR) is 56.4 cm³/mol. The standard InChI is InChI=1S/C11H23N/c1-10(2)6-8-12-9-7-11(3,4)5/h6,12H,7-9H2,1-5H3. The lowest BCUT2D eigenvalue weighted by Gasteiger charge is -2.17. The summed E-state index contributed by atoms with van der Waals surface area (Å²) in [5, 5.41) is 3.40. The van der Waals surface area contributed by atoms with E-state index in [4.69, 9.17) is 0 Å². The molecular formula is C11H23N. The van der Waals surface area contributed by atoms with Crippen molar-refractivity contribution in [3.63, 3.8) is 0 Å². The smallest absolute Gasteiger partial charge is 0.0137 e. The Morgan fingerprint density at radius 1 is 1.25 bits per heavy atom. The molecule has 72 valence electrons. The summed E-state index contributed by atoms with van der Waals surface area (Å²) in [5.74, 6) is 0. The van der Waals surface area contributed by atoms with Gasteiger partial charge in [-0.2, -0.15) is 0 Å². The Morgan fingerprint density at radius 2 is 1.83 bits per heavy atom. The summed E-state index contributed by atoms with van der Waals surface area (Å²) in [7, 11) is 0. The maximum Gasteiger partial charge on any atom is 0.0137 e. The molecule has 0 atom stereocenters. The topological polar surface area (TPSA) is 12.0 Å². The van der Waals surface area contributed by atoms with E-state index in [0.717, 1.165) is 13.1 Å². The summed E-state index contributed by atoms with van der Waals surface area (Å²) in [4.78, 5) is 0. The van der Waals surface area contributed by atoms with E-state index < -0.39 is 0 Å². The Labute approximate surface area is 77.2 Å². The predicted octanol–water partition coefficient (Wildman–Crippen LogP) is 2.98. The summed E-state index contributed by atoms with van der Waals surface area (Å²) in [6.45, 7) is 13.2. The maximum atomic E-state index is 3.40. The van der Waals surface area contributed by atoms with Gasteiger partial charge in [-0.25, -0.2) is 0 Å². The Bertz CT molecular complexity index is 136. The lowest BCUT2D eigenvalue weighted by molar-refractivity contribution is 0.370. The van der Waals surface area contributed by atoms with Gasteiger partial charge in [-0.1, -0.05) is 32.4 Å². The van der Waals surface area contributed by atoms with Crippen LogP contribution in [-0.4, -0.2) is 13.1 Å². The van der Waals surface area contributed by atoms with Gasteiger partial charge in [0.25, 0.3) is 0 Å². The van der Waals surface area contributed by atoms with Crippen molar-refractivity contribution in [2.45, 2.75) is 41.0 Å². The van der Waals surface area contributed by atoms with Crippen molar-refractivity contribution in [1.82, 2.24) is 5.32 Å². The second-order valence-corrected chi connectivity index (χ2v) is 4.80. The normalized spacial score (nSPS) is 11.4. The second kappa shape index (κ2) is 5.36. The van der Waals surface area contributed by atoms with Gasteiger partial charge in [0, 0.05) is 6.54 Å². The highest BCUT2D eigenvalue weighted by molar-refractivity contribution is 4.94. The van der Waals surface area contributed by atoms with E-state index in [1.165, 1.54) is 12.0 Å². The average molecular weight is 169 g/mol. The first-order valence-corrected chi connectivity index (χ1v) is 4.76. The van der Waals surface area contributed by atoms with Gasteiger partial charge in [0.05, 0.1) is 0 Å². The molecule has 0 heterocycles. The molecule has 0 amide bonds. The lowest BCUT2D eigenvalue weighted by Crippen LogP contribution is -2.20. The van der Waals surface area contributed by atoms with Crippen LogP contribution in [0.4, 0.5) is 0 Å². The fourth-order valence-corrected chi connectivity index (χ4v) is 0.842. The fraction of sp³-hybridized carbons (Fsp3) is 0.818. The number of nitrogens with one attached hydrogen (secondary N) is 1. The summed E-state index contributed by atoms with van der Waals surface area (Å²) in [5.41, 5.74) is 1.84. The number of allylic oxidation sites excluding steroid dienone is 1. The van der Waals surface area contributed by atoms with Crippen LogP contribution in [0, 0.1) is 5.41 Å². The van der Waals surface area contributed by atoms with Gasteiger partial charge in [-0.15, -0.1) is 0 Å². The van der Waals surface area contributed by atoms with Crippen molar-refractivity contribution in [3.8, 4) is 0 Å². The molecule has 0 aromatic heterocycles. The molecule has 12 heavy (non-hydrogen) atoms. The molecule has 1 N–H and O–H groups in total. The van der Waals surface area contributed by atoms with E-state index in [0.29, 0.717) is 5.41 Å². The molecule has 0 spiro atoms. The van der Waals surface area contributed by atoms with Crippen LogP contribution in [0.3, 0.4) is 0 Å². The second-order valence-electron chi connectivity index (χ2n) is 4.80. The maximum absolute atomic E-state index is 3.40. The van der Waals surface area contributed by atoms with Crippen molar-refractivity contribution >= 4 is 0 Å². The van der Waals surface area contributed by atoms with Crippen LogP contribution in [0.25, 0.3) is 0 Å². The van der Waals surface area contributed by atoms with Gasteiger partial charge >= 0.3 is 0 Å². The van der Waals surface area contributed by atoms with E-state index >= 15 is 0 Å². The first-order chi connectivity index (χ1) is 5.42. The molecular weight excluding hydrogens is 146 g/mol. The molecule has 0 saturated heterocycles.